The molecule has 1 amide bonds. The number of benzene rings is 1. The van der Waals surface area contributed by atoms with Crippen LogP contribution in [0.15, 0.2) is 24.3 Å². The Balaban J connectivity index is 1.83. The van der Waals surface area contributed by atoms with Gasteiger partial charge in [0.15, 0.2) is 0 Å². The van der Waals surface area contributed by atoms with Gasteiger partial charge in [0, 0.05) is 18.2 Å². The van der Waals surface area contributed by atoms with E-state index in [0.29, 0.717) is 18.2 Å². The number of ether oxygens (including phenoxy) is 1. The smallest absolute Gasteiger partial charge is 0.226 e. The lowest BCUT2D eigenvalue weighted by atomic mass is 9.82. The number of halogens is 1. The predicted octanol–water partition coefficient (Wildman–Crippen LogP) is 2.62. The van der Waals surface area contributed by atoms with Gasteiger partial charge in [0.1, 0.15) is 0 Å². The molecule has 1 heterocycles. The van der Waals surface area contributed by atoms with E-state index in [9.17, 15) is 9.90 Å². The van der Waals surface area contributed by atoms with Crippen molar-refractivity contribution >= 4 is 17.5 Å². The Bertz CT molecular complexity index is 525. The topological polar surface area (TPSA) is 58.6 Å². The first kappa shape index (κ1) is 15.8. The molecular formula is C17H22ClNO3. The number of hydrogen-bond acceptors (Lipinski definition) is 3. The summed E-state index contributed by atoms with van der Waals surface area (Å²) in [6.07, 6.45) is 3.36. The van der Waals surface area contributed by atoms with Crippen molar-refractivity contribution in [1.29, 1.82) is 0 Å². The standard InChI is InChI=1S/C17H22ClNO3/c18-13-6-4-12(5-7-13)17(8-10-22-11-9-17)19-16(21)14-2-1-3-15(14)20/h4-7,14-15,20H,1-3,8-11H2,(H,19,21). The minimum absolute atomic E-state index is 0.0400. The molecule has 0 aromatic heterocycles. The monoisotopic (exact) mass is 323 g/mol. The highest BCUT2D eigenvalue weighted by molar-refractivity contribution is 6.30. The second-order valence-corrected chi connectivity index (χ2v) is 6.73. The third-order valence-corrected chi connectivity index (χ3v) is 5.17. The summed E-state index contributed by atoms with van der Waals surface area (Å²) in [5, 5.41) is 13.9. The number of carbonyl (C=O) groups excluding carboxylic acids is 1. The van der Waals surface area contributed by atoms with Crippen LogP contribution in [0.5, 0.6) is 0 Å². The summed E-state index contributed by atoms with van der Waals surface area (Å²) in [4.78, 5) is 12.6. The van der Waals surface area contributed by atoms with Gasteiger partial charge < -0.3 is 15.2 Å². The Labute approximate surface area is 135 Å². The molecule has 2 aliphatic rings. The van der Waals surface area contributed by atoms with Gasteiger partial charge in [-0.3, -0.25) is 4.79 Å². The van der Waals surface area contributed by atoms with E-state index in [1.54, 1.807) is 0 Å². The van der Waals surface area contributed by atoms with E-state index >= 15 is 0 Å². The number of nitrogens with one attached hydrogen (secondary N) is 1. The molecule has 0 bridgehead atoms. The second kappa shape index (κ2) is 6.57. The molecule has 1 saturated carbocycles. The lowest BCUT2D eigenvalue weighted by Crippen LogP contribution is -2.52. The number of rotatable bonds is 3. The Morgan fingerprint density at radius 1 is 1.23 bits per heavy atom. The highest BCUT2D eigenvalue weighted by atomic mass is 35.5. The maximum Gasteiger partial charge on any atom is 0.226 e. The predicted molar refractivity (Wildman–Crippen MR) is 84.7 cm³/mol. The summed E-state index contributed by atoms with van der Waals surface area (Å²) in [6.45, 7) is 1.24. The highest BCUT2D eigenvalue weighted by Gasteiger charge is 2.40. The van der Waals surface area contributed by atoms with Crippen molar-refractivity contribution in [3.63, 3.8) is 0 Å². The van der Waals surface area contributed by atoms with Gasteiger partial charge in [-0.25, -0.2) is 0 Å². The van der Waals surface area contributed by atoms with E-state index < -0.39 is 11.6 Å². The fourth-order valence-corrected chi connectivity index (χ4v) is 3.68. The largest absolute Gasteiger partial charge is 0.392 e. The van der Waals surface area contributed by atoms with Gasteiger partial charge in [-0.15, -0.1) is 0 Å². The SMILES string of the molecule is O=C(NC1(c2ccc(Cl)cc2)CCOCC1)C1CCCC1O. The van der Waals surface area contributed by atoms with Crippen LogP contribution < -0.4 is 5.32 Å². The van der Waals surface area contributed by atoms with Gasteiger partial charge in [-0.1, -0.05) is 23.7 Å². The minimum Gasteiger partial charge on any atom is -0.392 e. The quantitative estimate of drug-likeness (QED) is 0.899. The average Bonchev–Trinajstić information content (AvgIpc) is 2.95. The minimum atomic E-state index is -0.512. The summed E-state index contributed by atoms with van der Waals surface area (Å²) in [7, 11) is 0. The molecule has 0 spiro atoms. The van der Waals surface area contributed by atoms with E-state index in [1.807, 2.05) is 24.3 Å². The van der Waals surface area contributed by atoms with E-state index in [4.69, 9.17) is 16.3 Å². The van der Waals surface area contributed by atoms with Crippen molar-refractivity contribution in [2.45, 2.75) is 43.7 Å². The Hall–Kier alpha value is -1.10. The summed E-state index contributed by atoms with van der Waals surface area (Å²) >= 11 is 5.98. The molecule has 2 atom stereocenters. The summed E-state index contributed by atoms with van der Waals surface area (Å²) < 4.78 is 5.47. The van der Waals surface area contributed by atoms with Gasteiger partial charge in [0.05, 0.1) is 17.6 Å². The molecule has 1 aromatic rings. The number of aliphatic hydroxyl groups excluding tert-OH is 1. The van der Waals surface area contributed by atoms with Crippen molar-refractivity contribution < 1.29 is 14.6 Å². The van der Waals surface area contributed by atoms with Crippen LogP contribution in [0, 0.1) is 5.92 Å². The molecule has 3 rings (SSSR count). The Kier molecular flexibility index (Phi) is 4.71. The molecule has 1 aliphatic carbocycles. The van der Waals surface area contributed by atoms with Crippen LogP contribution in [-0.4, -0.2) is 30.3 Å². The van der Waals surface area contributed by atoms with E-state index in [0.717, 1.165) is 37.7 Å². The lowest BCUT2D eigenvalue weighted by Gasteiger charge is -2.39. The fraction of sp³-hybridized carbons (Fsp3) is 0.588. The van der Waals surface area contributed by atoms with Crippen LogP contribution in [0.2, 0.25) is 5.02 Å². The molecule has 5 heteroatoms. The number of amides is 1. The summed E-state index contributed by atoms with van der Waals surface area (Å²) in [6, 6.07) is 7.65. The number of hydrogen-bond donors (Lipinski definition) is 2. The molecule has 2 unspecified atom stereocenters. The molecule has 4 nitrogen and oxygen atoms in total. The molecule has 22 heavy (non-hydrogen) atoms. The van der Waals surface area contributed by atoms with E-state index in [2.05, 4.69) is 5.32 Å². The third kappa shape index (κ3) is 3.14. The number of carbonyl (C=O) groups is 1. The van der Waals surface area contributed by atoms with E-state index in [-0.39, 0.29) is 11.8 Å². The van der Waals surface area contributed by atoms with Crippen LogP contribution >= 0.6 is 11.6 Å². The number of aliphatic hydroxyl groups is 1. The first-order valence-corrected chi connectivity index (χ1v) is 8.32. The molecule has 1 aliphatic heterocycles. The Morgan fingerprint density at radius 2 is 1.91 bits per heavy atom. The second-order valence-electron chi connectivity index (χ2n) is 6.30. The van der Waals surface area contributed by atoms with Gasteiger partial charge in [0.25, 0.3) is 0 Å². The molecule has 0 radical (unpaired) electrons. The zero-order valence-corrected chi connectivity index (χ0v) is 13.3. The van der Waals surface area contributed by atoms with Gasteiger partial charge in [-0.05, 0) is 49.8 Å². The first-order valence-electron chi connectivity index (χ1n) is 7.95. The van der Waals surface area contributed by atoms with Crippen LogP contribution in [0.25, 0.3) is 0 Å². The van der Waals surface area contributed by atoms with Crippen LogP contribution in [0.4, 0.5) is 0 Å². The maximum atomic E-state index is 12.6. The van der Waals surface area contributed by atoms with Crippen molar-refractivity contribution in [1.82, 2.24) is 5.32 Å². The van der Waals surface area contributed by atoms with Gasteiger partial charge in [-0.2, -0.15) is 0 Å². The zero-order valence-electron chi connectivity index (χ0n) is 12.6. The molecule has 1 aromatic carbocycles. The van der Waals surface area contributed by atoms with E-state index in [1.165, 1.54) is 0 Å². The molecule has 2 N–H and O–H groups in total. The maximum absolute atomic E-state index is 12.6. The fourth-order valence-electron chi connectivity index (χ4n) is 3.55. The van der Waals surface area contributed by atoms with Gasteiger partial charge >= 0.3 is 0 Å². The van der Waals surface area contributed by atoms with Crippen molar-refractivity contribution in [3.8, 4) is 0 Å². The van der Waals surface area contributed by atoms with Crippen LogP contribution in [-0.2, 0) is 15.1 Å². The summed E-state index contributed by atoms with van der Waals surface area (Å²) in [5.41, 5.74) is 0.642. The van der Waals surface area contributed by atoms with Crippen molar-refractivity contribution in [2.24, 2.45) is 5.92 Å². The zero-order chi connectivity index (χ0) is 15.6. The molecule has 2 fully saturated rings. The van der Waals surface area contributed by atoms with Crippen molar-refractivity contribution in [3.05, 3.63) is 34.9 Å². The summed E-state index contributed by atoms with van der Waals surface area (Å²) in [5.74, 6) is -0.325. The van der Waals surface area contributed by atoms with Crippen molar-refractivity contribution in [2.75, 3.05) is 13.2 Å². The normalized spacial score (nSPS) is 27.5. The molecular weight excluding hydrogens is 302 g/mol. The van der Waals surface area contributed by atoms with Gasteiger partial charge in [0.2, 0.25) is 5.91 Å². The Morgan fingerprint density at radius 3 is 2.50 bits per heavy atom. The lowest BCUT2D eigenvalue weighted by molar-refractivity contribution is -0.131. The first-order chi connectivity index (χ1) is 10.6. The van der Waals surface area contributed by atoms with Crippen LogP contribution in [0.3, 0.4) is 0 Å². The van der Waals surface area contributed by atoms with Crippen LogP contribution in [0.1, 0.15) is 37.7 Å². The average molecular weight is 324 g/mol. The third-order valence-electron chi connectivity index (χ3n) is 4.92. The molecule has 120 valence electrons. The highest BCUT2D eigenvalue weighted by Crippen LogP contribution is 2.34. The molecule has 1 saturated heterocycles.